The van der Waals surface area contributed by atoms with Gasteiger partial charge in [-0.3, -0.25) is 9.80 Å². The van der Waals surface area contributed by atoms with Crippen LogP contribution in [0.5, 0.6) is 5.75 Å². The molecule has 0 radical (unpaired) electrons. The summed E-state index contributed by atoms with van der Waals surface area (Å²) < 4.78 is 32.7. The molecule has 1 aliphatic carbocycles. The predicted octanol–water partition coefficient (Wildman–Crippen LogP) is 6.30. The molecule has 1 amide bonds. The van der Waals surface area contributed by atoms with Crippen LogP contribution >= 0.6 is 0 Å². The largest absolute Gasteiger partial charge is 0.541 e. The minimum absolute atomic E-state index is 0.371. The molecule has 3 heterocycles. The highest BCUT2D eigenvalue weighted by Gasteiger charge is 2.48. The summed E-state index contributed by atoms with van der Waals surface area (Å²) in [6.07, 6.45) is 5.53. The number of amides is 1. The van der Waals surface area contributed by atoms with Crippen LogP contribution in [0.1, 0.15) is 88.9 Å². The summed E-state index contributed by atoms with van der Waals surface area (Å²) in [5.41, 5.74) is 6.52. The molecule has 1 atom stereocenters. The Bertz CT molecular complexity index is 1470. The zero-order chi connectivity index (χ0) is 31.3. The third-order valence-corrected chi connectivity index (χ3v) is 16.4. The van der Waals surface area contributed by atoms with E-state index in [1.807, 2.05) is 0 Å². The number of hydrogen-bond acceptors (Lipinski definition) is 6. The van der Waals surface area contributed by atoms with Crippen molar-refractivity contribution in [2.24, 2.45) is 0 Å². The molecule has 1 fully saturated rings. The molecule has 0 unspecified atom stereocenters. The highest BCUT2D eigenvalue weighted by Crippen LogP contribution is 2.47. The van der Waals surface area contributed by atoms with Crippen molar-refractivity contribution in [2.75, 3.05) is 32.4 Å². The number of benzene rings is 1. The van der Waals surface area contributed by atoms with Gasteiger partial charge in [0.15, 0.2) is 9.84 Å². The van der Waals surface area contributed by atoms with E-state index in [0.29, 0.717) is 61.6 Å². The van der Waals surface area contributed by atoms with E-state index in [9.17, 15) is 18.3 Å². The molecule has 2 aromatic rings. The van der Waals surface area contributed by atoms with Gasteiger partial charge in [-0.1, -0.05) is 53.7 Å². The standard InChI is InChI=1S/C32H48N4O5SSi/c1-21(2)43(22(3)4,23(5)6)41-30-19-25(24-9-10-24)11-12-27(30)36-28-14-17-35(32(37)38)29-20-34(15-8-18-42(7,39)40)16-13-26(33-36)31(28)29/h8,11-12,18-19,21-24,29H,9-10,13-17,20H2,1-7H3,(H,37,38)/b18-8+/t29-/m0/s1. The average Bonchev–Trinajstić information content (AvgIpc) is 3.72. The maximum absolute atomic E-state index is 12.4. The van der Waals surface area contributed by atoms with Gasteiger partial charge in [-0.2, -0.15) is 5.10 Å². The second-order valence-electron chi connectivity index (χ2n) is 13.6. The fraction of sp³-hybridized carbons (Fsp3) is 0.625. The Labute approximate surface area is 258 Å². The molecular formula is C32H48N4O5SSi. The van der Waals surface area contributed by atoms with Crippen LogP contribution in [0.25, 0.3) is 5.69 Å². The number of carboxylic acid groups (broad SMARTS) is 1. The Balaban J connectivity index is 1.59. The number of aromatic nitrogens is 2. The third kappa shape index (κ3) is 6.31. The summed E-state index contributed by atoms with van der Waals surface area (Å²) in [7, 11) is -5.49. The van der Waals surface area contributed by atoms with Crippen molar-refractivity contribution in [3.63, 3.8) is 0 Å². The van der Waals surface area contributed by atoms with Crippen LogP contribution in [0.3, 0.4) is 0 Å². The van der Waals surface area contributed by atoms with Crippen LogP contribution in [0.2, 0.25) is 16.6 Å². The van der Waals surface area contributed by atoms with E-state index in [4.69, 9.17) is 9.52 Å². The first kappa shape index (κ1) is 31.8. The number of carbonyl (C=O) groups is 1. The predicted molar refractivity (Wildman–Crippen MR) is 173 cm³/mol. The smallest absolute Gasteiger partial charge is 0.407 e. The summed E-state index contributed by atoms with van der Waals surface area (Å²) in [5.74, 6) is 1.50. The van der Waals surface area contributed by atoms with E-state index in [2.05, 4.69) is 69.3 Å². The van der Waals surface area contributed by atoms with Crippen molar-refractivity contribution < 1.29 is 22.7 Å². The molecule has 1 aromatic heterocycles. The van der Waals surface area contributed by atoms with Gasteiger partial charge in [-0.15, -0.1) is 0 Å². The molecule has 5 rings (SSSR count). The molecule has 236 valence electrons. The molecule has 0 saturated heterocycles. The lowest BCUT2D eigenvalue weighted by atomic mass is 9.96. The molecule has 1 saturated carbocycles. The summed E-state index contributed by atoms with van der Waals surface area (Å²) >= 11 is 0. The topological polar surface area (TPSA) is 105 Å². The van der Waals surface area contributed by atoms with Crippen molar-refractivity contribution in [3.8, 4) is 11.4 Å². The van der Waals surface area contributed by atoms with E-state index in [1.165, 1.54) is 35.0 Å². The molecule has 9 nitrogen and oxygen atoms in total. The van der Waals surface area contributed by atoms with E-state index in [-0.39, 0.29) is 6.04 Å². The van der Waals surface area contributed by atoms with Gasteiger partial charge in [0.1, 0.15) is 11.4 Å². The molecule has 43 heavy (non-hydrogen) atoms. The van der Waals surface area contributed by atoms with Crippen LogP contribution < -0.4 is 4.43 Å². The van der Waals surface area contributed by atoms with Gasteiger partial charge >= 0.3 is 6.09 Å². The minimum Gasteiger partial charge on any atom is -0.541 e. The molecule has 1 aromatic carbocycles. The number of rotatable bonds is 10. The quantitative estimate of drug-likeness (QED) is 0.308. The van der Waals surface area contributed by atoms with Crippen molar-refractivity contribution in [2.45, 2.75) is 95.8 Å². The Morgan fingerprint density at radius 3 is 2.35 bits per heavy atom. The van der Waals surface area contributed by atoms with E-state index < -0.39 is 24.2 Å². The zero-order valence-corrected chi connectivity index (χ0v) is 28.5. The Morgan fingerprint density at radius 1 is 1.09 bits per heavy atom. The SMILES string of the molecule is CC(C)[Si](Oc1cc(C2CC2)ccc1-n1nc2c3c1CCN(C(=O)O)[C@H]3CN(C/C=C/S(C)(=O)=O)CC2)(C(C)C)C(C)C. The maximum atomic E-state index is 12.4. The monoisotopic (exact) mass is 628 g/mol. The first-order valence-corrected chi connectivity index (χ1v) is 19.8. The van der Waals surface area contributed by atoms with Gasteiger partial charge < -0.3 is 9.53 Å². The van der Waals surface area contributed by atoms with Crippen LogP contribution in [-0.4, -0.2) is 80.0 Å². The van der Waals surface area contributed by atoms with Crippen LogP contribution in [0.15, 0.2) is 29.7 Å². The third-order valence-electron chi connectivity index (χ3n) is 9.70. The van der Waals surface area contributed by atoms with Gasteiger partial charge in [0.2, 0.25) is 0 Å². The summed E-state index contributed by atoms with van der Waals surface area (Å²) in [4.78, 5) is 16.0. The van der Waals surface area contributed by atoms with Gasteiger partial charge in [-0.25, -0.2) is 17.9 Å². The zero-order valence-electron chi connectivity index (χ0n) is 26.7. The molecule has 0 bridgehead atoms. The van der Waals surface area contributed by atoms with Gasteiger partial charge in [0.25, 0.3) is 8.32 Å². The molecule has 2 aliphatic heterocycles. The van der Waals surface area contributed by atoms with Crippen LogP contribution in [0.4, 0.5) is 4.79 Å². The van der Waals surface area contributed by atoms with Crippen molar-refractivity contribution in [3.05, 3.63) is 52.2 Å². The van der Waals surface area contributed by atoms with E-state index in [1.54, 1.807) is 6.08 Å². The van der Waals surface area contributed by atoms with E-state index >= 15 is 0 Å². The average molecular weight is 629 g/mol. The lowest BCUT2D eigenvalue weighted by Crippen LogP contribution is -2.51. The first-order valence-electron chi connectivity index (χ1n) is 15.7. The van der Waals surface area contributed by atoms with E-state index in [0.717, 1.165) is 28.4 Å². The highest BCUT2D eigenvalue weighted by molar-refractivity contribution is 7.93. The second-order valence-corrected chi connectivity index (χ2v) is 20.9. The molecule has 11 heteroatoms. The Morgan fingerprint density at radius 2 is 1.77 bits per heavy atom. The summed E-state index contributed by atoms with van der Waals surface area (Å²) in [6.45, 7) is 15.8. The number of sulfone groups is 1. The van der Waals surface area contributed by atoms with Crippen molar-refractivity contribution in [1.82, 2.24) is 19.6 Å². The Kier molecular flexibility index (Phi) is 8.90. The van der Waals surface area contributed by atoms with Crippen molar-refractivity contribution >= 4 is 24.2 Å². The van der Waals surface area contributed by atoms with Crippen molar-refractivity contribution in [1.29, 1.82) is 0 Å². The first-order chi connectivity index (χ1) is 20.2. The second kappa shape index (κ2) is 12.0. The summed E-state index contributed by atoms with van der Waals surface area (Å²) in [6, 6.07) is 6.29. The van der Waals surface area contributed by atoms with Crippen LogP contribution in [0, 0.1) is 0 Å². The molecule has 0 spiro atoms. The highest BCUT2D eigenvalue weighted by atomic mass is 32.2. The molecule has 3 aliphatic rings. The lowest BCUT2D eigenvalue weighted by Gasteiger charge is -2.42. The van der Waals surface area contributed by atoms with Crippen LogP contribution in [-0.2, 0) is 22.7 Å². The van der Waals surface area contributed by atoms with Gasteiger partial charge in [0.05, 0.1) is 17.4 Å². The fourth-order valence-corrected chi connectivity index (χ4v) is 13.3. The summed E-state index contributed by atoms with van der Waals surface area (Å²) in [5, 5.41) is 16.6. The fourth-order valence-electron chi connectivity index (χ4n) is 7.62. The lowest BCUT2D eigenvalue weighted by molar-refractivity contribution is 0.105. The minimum atomic E-state index is -3.23. The maximum Gasteiger partial charge on any atom is 0.407 e. The van der Waals surface area contributed by atoms with Gasteiger partial charge in [-0.05, 0) is 53.1 Å². The Hall–Kier alpha value is -2.63. The normalized spacial score (nSPS) is 19.9. The molecular weight excluding hydrogens is 581 g/mol. The van der Waals surface area contributed by atoms with Gasteiger partial charge in [0, 0.05) is 56.2 Å². The number of hydrogen-bond donors (Lipinski definition) is 1. The number of nitrogens with zero attached hydrogens (tertiary/aromatic N) is 4. The molecule has 1 N–H and O–H groups in total.